The van der Waals surface area contributed by atoms with E-state index >= 15 is 0 Å². The minimum absolute atomic E-state index is 0.000586. The average Bonchev–Trinajstić information content (AvgIpc) is 2.85. The molecular formula is C17H13ClFN3O2. The van der Waals surface area contributed by atoms with Crippen LogP contribution in [0.2, 0.25) is 5.15 Å². The molecular weight excluding hydrogens is 333 g/mol. The first-order valence-corrected chi connectivity index (χ1v) is 7.26. The Balaban J connectivity index is 2.43. The number of nitriles is 1. The summed E-state index contributed by atoms with van der Waals surface area (Å²) < 4.78 is 19.3. The molecule has 0 amide bonds. The highest BCUT2D eigenvalue weighted by atomic mass is 35.5. The van der Waals surface area contributed by atoms with E-state index in [-0.39, 0.29) is 23.2 Å². The summed E-state index contributed by atoms with van der Waals surface area (Å²) in [6.07, 6.45) is 2.72. The van der Waals surface area contributed by atoms with E-state index < -0.39 is 5.97 Å². The molecule has 0 atom stereocenters. The highest BCUT2D eigenvalue weighted by Crippen LogP contribution is 2.26. The predicted octanol–water partition coefficient (Wildman–Crippen LogP) is 3.61. The number of aromatic nitrogens is 2. The minimum atomic E-state index is -0.776. The van der Waals surface area contributed by atoms with Gasteiger partial charge in [-0.2, -0.15) is 10.4 Å². The molecule has 0 aliphatic heterocycles. The van der Waals surface area contributed by atoms with Gasteiger partial charge < -0.3 is 4.74 Å². The van der Waals surface area contributed by atoms with Crippen LogP contribution < -0.4 is 0 Å². The van der Waals surface area contributed by atoms with Gasteiger partial charge in [0.25, 0.3) is 0 Å². The number of ether oxygens (including phenoxy) is 1. The van der Waals surface area contributed by atoms with Crippen LogP contribution >= 0.6 is 11.6 Å². The molecule has 0 radical (unpaired) electrons. The summed E-state index contributed by atoms with van der Waals surface area (Å²) in [4.78, 5) is 11.8. The molecule has 0 N–H and O–H groups in total. The molecule has 24 heavy (non-hydrogen) atoms. The standard InChI is InChI=1S/C17H13ClFN3O2/c1-3-8-24-17(23)12(10-20)9-15-11(2)21-22(16(15)18)14-6-4-13(19)5-7-14/h3-7,9H,1,8H2,2H3/b12-9+. The summed E-state index contributed by atoms with van der Waals surface area (Å²) in [6, 6.07) is 7.38. The number of hydrogen-bond donors (Lipinski definition) is 0. The first kappa shape index (κ1) is 17.4. The van der Waals surface area contributed by atoms with Crippen LogP contribution in [0.4, 0.5) is 4.39 Å². The van der Waals surface area contributed by atoms with E-state index in [9.17, 15) is 9.18 Å². The Hall–Kier alpha value is -2.91. The van der Waals surface area contributed by atoms with Gasteiger partial charge in [0.1, 0.15) is 29.2 Å². The second kappa shape index (κ2) is 7.57. The lowest BCUT2D eigenvalue weighted by Gasteiger charge is -2.03. The second-order valence-corrected chi connectivity index (χ2v) is 5.09. The Labute approximate surface area is 143 Å². The van der Waals surface area contributed by atoms with E-state index in [0.717, 1.165) is 0 Å². The van der Waals surface area contributed by atoms with Crippen LogP contribution in [-0.2, 0) is 9.53 Å². The van der Waals surface area contributed by atoms with Crippen molar-refractivity contribution in [2.24, 2.45) is 0 Å². The van der Waals surface area contributed by atoms with E-state index in [1.54, 1.807) is 13.0 Å². The van der Waals surface area contributed by atoms with Crippen molar-refractivity contribution in [2.75, 3.05) is 6.61 Å². The van der Waals surface area contributed by atoms with Crippen LogP contribution in [0.25, 0.3) is 11.8 Å². The third-order valence-electron chi connectivity index (χ3n) is 3.08. The number of rotatable bonds is 5. The van der Waals surface area contributed by atoms with Crippen LogP contribution in [-0.4, -0.2) is 22.4 Å². The molecule has 0 aliphatic carbocycles. The number of carbonyl (C=O) groups excluding carboxylic acids is 1. The fraction of sp³-hybridized carbons (Fsp3) is 0.118. The Morgan fingerprint density at radius 1 is 1.50 bits per heavy atom. The lowest BCUT2D eigenvalue weighted by atomic mass is 10.1. The molecule has 0 saturated carbocycles. The highest BCUT2D eigenvalue weighted by Gasteiger charge is 2.17. The third-order valence-corrected chi connectivity index (χ3v) is 3.44. The number of esters is 1. The third kappa shape index (κ3) is 3.70. The number of halogens is 2. The molecule has 0 fully saturated rings. The van der Waals surface area contributed by atoms with Crippen molar-refractivity contribution < 1.29 is 13.9 Å². The fourth-order valence-corrected chi connectivity index (χ4v) is 2.25. The summed E-state index contributed by atoms with van der Waals surface area (Å²) in [6.45, 7) is 5.11. The molecule has 1 heterocycles. The Kier molecular flexibility index (Phi) is 5.51. The fourth-order valence-electron chi connectivity index (χ4n) is 1.92. The number of nitrogens with zero attached hydrogens (tertiary/aromatic N) is 3. The lowest BCUT2D eigenvalue weighted by Crippen LogP contribution is -2.06. The van der Waals surface area contributed by atoms with Gasteiger partial charge in [0.05, 0.1) is 11.4 Å². The van der Waals surface area contributed by atoms with Gasteiger partial charge in [-0.25, -0.2) is 13.9 Å². The largest absolute Gasteiger partial charge is 0.457 e. The molecule has 0 spiro atoms. The van der Waals surface area contributed by atoms with Crippen molar-refractivity contribution in [3.05, 3.63) is 64.7 Å². The van der Waals surface area contributed by atoms with Crippen molar-refractivity contribution in [3.8, 4) is 11.8 Å². The highest BCUT2D eigenvalue weighted by molar-refractivity contribution is 6.31. The summed E-state index contributed by atoms with van der Waals surface area (Å²) >= 11 is 6.30. The predicted molar refractivity (Wildman–Crippen MR) is 88.0 cm³/mol. The smallest absolute Gasteiger partial charge is 0.349 e. The molecule has 0 saturated heterocycles. The van der Waals surface area contributed by atoms with Gasteiger partial charge in [-0.1, -0.05) is 24.3 Å². The Morgan fingerprint density at radius 2 is 2.17 bits per heavy atom. The van der Waals surface area contributed by atoms with Crippen molar-refractivity contribution in [1.29, 1.82) is 5.26 Å². The van der Waals surface area contributed by atoms with Gasteiger partial charge in [-0.3, -0.25) is 0 Å². The van der Waals surface area contributed by atoms with Crippen LogP contribution in [0.1, 0.15) is 11.3 Å². The minimum Gasteiger partial charge on any atom is -0.457 e. The number of carbonyl (C=O) groups is 1. The SMILES string of the molecule is C=CCOC(=O)/C(C#N)=C/c1c(C)nn(-c2ccc(F)cc2)c1Cl. The van der Waals surface area contributed by atoms with E-state index in [0.29, 0.717) is 16.9 Å². The van der Waals surface area contributed by atoms with E-state index in [4.69, 9.17) is 21.6 Å². The molecule has 1 aromatic heterocycles. The normalized spacial score (nSPS) is 11.0. The van der Waals surface area contributed by atoms with Crippen LogP contribution in [0.3, 0.4) is 0 Å². The number of benzene rings is 1. The van der Waals surface area contributed by atoms with E-state index in [2.05, 4.69) is 11.7 Å². The maximum absolute atomic E-state index is 13.0. The monoisotopic (exact) mass is 345 g/mol. The van der Waals surface area contributed by atoms with Crippen molar-refractivity contribution in [1.82, 2.24) is 9.78 Å². The summed E-state index contributed by atoms with van der Waals surface area (Å²) in [5.74, 6) is -1.15. The zero-order chi connectivity index (χ0) is 17.7. The summed E-state index contributed by atoms with van der Waals surface area (Å²) in [7, 11) is 0. The van der Waals surface area contributed by atoms with Crippen molar-refractivity contribution in [2.45, 2.75) is 6.92 Å². The first-order valence-electron chi connectivity index (χ1n) is 6.88. The zero-order valence-electron chi connectivity index (χ0n) is 12.8. The van der Waals surface area contributed by atoms with Gasteiger partial charge in [-0.05, 0) is 37.3 Å². The molecule has 7 heteroatoms. The second-order valence-electron chi connectivity index (χ2n) is 4.74. The van der Waals surface area contributed by atoms with Crippen LogP contribution in [0.5, 0.6) is 0 Å². The zero-order valence-corrected chi connectivity index (χ0v) is 13.5. The first-order chi connectivity index (χ1) is 11.5. The van der Waals surface area contributed by atoms with Gasteiger partial charge in [0.2, 0.25) is 0 Å². The van der Waals surface area contributed by atoms with Crippen molar-refractivity contribution in [3.63, 3.8) is 0 Å². The molecule has 0 bridgehead atoms. The molecule has 2 rings (SSSR count). The Bertz CT molecular complexity index is 848. The average molecular weight is 346 g/mol. The maximum atomic E-state index is 13.0. The van der Waals surface area contributed by atoms with Gasteiger partial charge in [0, 0.05) is 5.56 Å². The quantitative estimate of drug-likeness (QED) is 0.359. The maximum Gasteiger partial charge on any atom is 0.349 e. The molecule has 122 valence electrons. The van der Waals surface area contributed by atoms with Crippen LogP contribution in [0.15, 0.2) is 42.5 Å². The summed E-state index contributed by atoms with van der Waals surface area (Å²) in [5.41, 5.74) is 1.26. The molecule has 1 aromatic carbocycles. The Morgan fingerprint density at radius 3 is 2.75 bits per heavy atom. The van der Waals surface area contributed by atoms with Gasteiger partial charge >= 0.3 is 5.97 Å². The van der Waals surface area contributed by atoms with E-state index in [1.165, 1.54) is 41.1 Å². The summed E-state index contributed by atoms with van der Waals surface area (Å²) in [5, 5.41) is 13.6. The molecule has 2 aromatic rings. The van der Waals surface area contributed by atoms with E-state index in [1.807, 2.05) is 0 Å². The van der Waals surface area contributed by atoms with Gasteiger partial charge in [-0.15, -0.1) is 0 Å². The number of aryl methyl sites for hydroxylation is 1. The molecule has 0 aliphatic rings. The van der Waals surface area contributed by atoms with Crippen molar-refractivity contribution >= 4 is 23.6 Å². The molecule has 5 nitrogen and oxygen atoms in total. The van der Waals surface area contributed by atoms with Gasteiger partial charge in [0.15, 0.2) is 0 Å². The molecule has 0 unspecified atom stereocenters. The van der Waals surface area contributed by atoms with Crippen LogP contribution in [0, 0.1) is 24.1 Å². The lowest BCUT2D eigenvalue weighted by molar-refractivity contribution is -0.137. The number of hydrogen-bond acceptors (Lipinski definition) is 4. The topological polar surface area (TPSA) is 67.9 Å².